The molecule has 0 aliphatic rings. The summed E-state index contributed by atoms with van der Waals surface area (Å²) in [6.07, 6.45) is 4.16. The SMILES string of the molecule is CCC(C)N(C)C(C)(C(=O)O)c1ccncc1. The second-order valence-corrected chi connectivity index (χ2v) is 4.48. The quantitative estimate of drug-likeness (QED) is 0.850. The molecule has 0 amide bonds. The molecule has 4 heteroatoms. The van der Waals surface area contributed by atoms with Gasteiger partial charge in [0.05, 0.1) is 0 Å². The molecule has 0 fully saturated rings. The lowest BCUT2D eigenvalue weighted by Gasteiger charge is -2.39. The molecule has 1 N–H and O–H groups in total. The van der Waals surface area contributed by atoms with Crippen LogP contribution in [0.25, 0.3) is 0 Å². The summed E-state index contributed by atoms with van der Waals surface area (Å²) in [4.78, 5) is 17.4. The first-order valence-corrected chi connectivity index (χ1v) is 5.81. The topological polar surface area (TPSA) is 53.4 Å². The standard InChI is InChI=1S/C13H20N2O2/c1-5-10(2)15(4)13(3,12(16)17)11-6-8-14-9-7-11/h6-10H,5H2,1-4H3,(H,16,17). The first-order chi connectivity index (χ1) is 7.94. The second kappa shape index (κ2) is 5.27. The Morgan fingerprint density at radius 3 is 2.47 bits per heavy atom. The summed E-state index contributed by atoms with van der Waals surface area (Å²) in [5.41, 5.74) is -0.263. The Hall–Kier alpha value is -1.42. The summed E-state index contributed by atoms with van der Waals surface area (Å²) in [5.74, 6) is -0.841. The Balaban J connectivity index is 3.19. The molecular weight excluding hydrogens is 216 g/mol. The van der Waals surface area contributed by atoms with Gasteiger partial charge in [-0.1, -0.05) is 6.92 Å². The Labute approximate surface area is 102 Å². The molecule has 0 saturated heterocycles. The molecule has 0 aliphatic carbocycles. The number of aliphatic carboxylic acids is 1. The van der Waals surface area contributed by atoms with Crippen molar-refractivity contribution in [2.75, 3.05) is 7.05 Å². The fourth-order valence-corrected chi connectivity index (χ4v) is 1.87. The number of rotatable bonds is 5. The van der Waals surface area contributed by atoms with E-state index in [9.17, 15) is 9.90 Å². The van der Waals surface area contributed by atoms with Crippen molar-refractivity contribution in [3.63, 3.8) is 0 Å². The second-order valence-electron chi connectivity index (χ2n) is 4.48. The Bertz CT molecular complexity index is 380. The van der Waals surface area contributed by atoms with E-state index in [0.29, 0.717) is 0 Å². The largest absolute Gasteiger partial charge is 0.480 e. The molecule has 1 aromatic rings. The lowest BCUT2D eigenvalue weighted by Crippen LogP contribution is -2.51. The van der Waals surface area contributed by atoms with Gasteiger partial charge in [0.2, 0.25) is 0 Å². The van der Waals surface area contributed by atoms with E-state index in [0.717, 1.165) is 12.0 Å². The number of hydrogen-bond acceptors (Lipinski definition) is 3. The van der Waals surface area contributed by atoms with Crippen LogP contribution in [0.5, 0.6) is 0 Å². The maximum absolute atomic E-state index is 11.6. The van der Waals surface area contributed by atoms with Gasteiger partial charge in [-0.15, -0.1) is 0 Å². The molecule has 1 heterocycles. The highest BCUT2D eigenvalue weighted by molar-refractivity contribution is 5.80. The van der Waals surface area contributed by atoms with Crippen LogP contribution in [-0.4, -0.2) is 34.0 Å². The zero-order valence-electron chi connectivity index (χ0n) is 10.8. The van der Waals surface area contributed by atoms with E-state index in [2.05, 4.69) is 11.9 Å². The molecule has 0 bridgehead atoms. The predicted molar refractivity (Wildman–Crippen MR) is 66.7 cm³/mol. The zero-order chi connectivity index (χ0) is 13.1. The number of hydrogen-bond donors (Lipinski definition) is 1. The third-order valence-corrected chi connectivity index (χ3v) is 3.62. The van der Waals surface area contributed by atoms with Gasteiger partial charge in [-0.2, -0.15) is 0 Å². The van der Waals surface area contributed by atoms with E-state index in [4.69, 9.17) is 0 Å². The van der Waals surface area contributed by atoms with E-state index in [1.807, 2.05) is 18.9 Å². The highest BCUT2D eigenvalue weighted by atomic mass is 16.4. The molecule has 0 aliphatic heterocycles. The van der Waals surface area contributed by atoms with Crippen LogP contribution < -0.4 is 0 Å². The van der Waals surface area contributed by atoms with Gasteiger partial charge in [-0.25, -0.2) is 4.79 Å². The average molecular weight is 236 g/mol. The van der Waals surface area contributed by atoms with E-state index >= 15 is 0 Å². The van der Waals surface area contributed by atoms with E-state index < -0.39 is 11.5 Å². The molecule has 1 rings (SSSR count). The molecule has 17 heavy (non-hydrogen) atoms. The van der Waals surface area contributed by atoms with Crippen molar-refractivity contribution in [2.45, 2.75) is 38.8 Å². The van der Waals surface area contributed by atoms with Crippen LogP contribution in [0.2, 0.25) is 0 Å². The normalized spacial score (nSPS) is 16.5. The summed E-state index contributed by atoms with van der Waals surface area (Å²) in [6.45, 7) is 5.81. The van der Waals surface area contributed by atoms with Gasteiger partial charge < -0.3 is 5.11 Å². The number of pyridine rings is 1. The lowest BCUT2D eigenvalue weighted by atomic mass is 9.89. The highest BCUT2D eigenvalue weighted by Gasteiger charge is 2.40. The van der Waals surface area contributed by atoms with E-state index in [-0.39, 0.29) is 6.04 Å². The minimum absolute atomic E-state index is 0.198. The lowest BCUT2D eigenvalue weighted by molar-refractivity contribution is -0.151. The fourth-order valence-electron chi connectivity index (χ4n) is 1.87. The number of likely N-dealkylation sites (N-methyl/N-ethyl adjacent to an activating group) is 1. The molecular formula is C13H20N2O2. The Morgan fingerprint density at radius 1 is 1.53 bits per heavy atom. The first kappa shape index (κ1) is 13.6. The molecule has 2 unspecified atom stereocenters. The number of aromatic nitrogens is 1. The van der Waals surface area contributed by atoms with Gasteiger partial charge in [-0.05, 0) is 45.0 Å². The number of carboxylic acids is 1. The predicted octanol–water partition coefficient (Wildman–Crippen LogP) is 2.11. The fraction of sp³-hybridized carbons (Fsp3) is 0.538. The number of carbonyl (C=O) groups is 1. The Kier molecular flexibility index (Phi) is 4.23. The van der Waals surface area contributed by atoms with Gasteiger partial charge in [0, 0.05) is 18.4 Å². The zero-order valence-corrected chi connectivity index (χ0v) is 10.8. The van der Waals surface area contributed by atoms with Crippen LogP contribution in [0.15, 0.2) is 24.5 Å². The third kappa shape index (κ3) is 2.47. The highest BCUT2D eigenvalue weighted by Crippen LogP contribution is 2.29. The van der Waals surface area contributed by atoms with Crippen LogP contribution in [0.4, 0.5) is 0 Å². The smallest absolute Gasteiger partial charge is 0.328 e. The maximum Gasteiger partial charge on any atom is 0.328 e. The number of carboxylic acid groups (broad SMARTS) is 1. The molecule has 4 nitrogen and oxygen atoms in total. The summed E-state index contributed by atoms with van der Waals surface area (Å²) in [5, 5.41) is 9.54. The molecule has 0 radical (unpaired) electrons. The average Bonchev–Trinajstić information content (AvgIpc) is 2.36. The number of nitrogens with zero attached hydrogens (tertiary/aromatic N) is 2. The molecule has 1 aromatic heterocycles. The first-order valence-electron chi connectivity index (χ1n) is 5.81. The summed E-state index contributed by atoms with van der Waals surface area (Å²) in [6, 6.07) is 3.71. The van der Waals surface area contributed by atoms with Gasteiger partial charge >= 0.3 is 5.97 Å². The van der Waals surface area contributed by atoms with Gasteiger partial charge in [0.1, 0.15) is 5.54 Å². The van der Waals surface area contributed by atoms with Crippen molar-refractivity contribution in [2.24, 2.45) is 0 Å². The third-order valence-electron chi connectivity index (χ3n) is 3.62. The summed E-state index contributed by atoms with van der Waals surface area (Å²) in [7, 11) is 1.85. The molecule has 0 saturated carbocycles. The van der Waals surface area contributed by atoms with Crippen molar-refractivity contribution in [1.82, 2.24) is 9.88 Å². The van der Waals surface area contributed by atoms with Crippen LogP contribution in [0, 0.1) is 0 Å². The summed E-state index contributed by atoms with van der Waals surface area (Å²) < 4.78 is 0. The van der Waals surface area contributed by atoms with Crippen LogP contribution in [-0.2, 0) is 10.3 Å². The molecule has 0 aromatic carbocycles. The van der Waals surface area contributed by atoms with Crippen molar-refractivity contribution in [3.8, 4) is 0 Å². The van der Waals surface area contributed by atoms with Crippen molar-refractivity contribution in [1.29, 1.82) is 0 Å². The monoisotopic (exact) mass is 236 g/mol. The van der Waals surface area contributed by atoms with Gasteiger partial charge in [0.15, 0.2) is 0 Å². The maximum atomic E-state index is 11.6. The van der Waals surface area contributed by atoms with Crippen molar-refractivity contribution in [3.05, 3.63) is 30.1 Å². The van der Waals surface area contributed by atoms with Crippen LogP contribution in [0.3, 0.4) is 0 Å². The minimum atomic E-state index is -1.02. The van der Waals surface area contributed by atoms with Gasteiger partial charge in [-0.3, -0.25) is 9.88 Å². The summed E-state index contributed by atoms with van der Waals surface area (Å²) >= 11 is 0. The van der Waals surface area contributed by atoms with E-state index in [1.165, 1.54) is 0 Å². The van der Waals surface area contributed by atoms with Gasteiger partial charge in [0.25, 0.3) is 0 Å². The minimum Gasteiger partial charge on any atom is -0.480 e. The Morgan fingerprint density at radius 2 is 2.06 bits per heavy atom. The van der Waals surface area contributed by atoms with Crippen molar-refractivity contribution < 1.29 is 9.90 Å². The molecule has 94 valence electrons. The van der Waals surface area contributed by atoms with Crippen molar-refractivity contribution >= 4 is 5.97 Å². The van der Waals surface area contributed by atoms with Crippen LogP contribution in [0.1, 0.15) is 32.8 Å². The molecule has 2 atom stereocenters. The van der Waals surface area contributed by atoms with Crippen LogP contribution >= 0.6 is 0 Å². The molecule has 0 spiro atoms. The van der Waals surface area contributed by atoms with E-state index in [1.54, 1.807) is 31.5 Å².